The molecule has 136 valence electrons. The van der Waals surface area contributed by atoms with Crippen LogP contribution in [0.2, 0.25) is 0 Å². The maximum absolute atomic E-state index is 11.6. The van der Waals surface area contributed by atoms with Gasteiger partial charge in [-0.25, -0.2) is 0 Å². The number of nitrogens with zero attached hydrogens (tertiary/aromatic N) is 2. The minimum absolute atomic E-state index is 0.0978. The number of likely N-dealkylation sites (tertiary alicyclic amines) is 2. The van der Waals surface area contributed by atoms with Gasteiger partial charge in [-0.2, -0.15) is 0 Å². The van der Waals surface area contributed by atoms with E-state index in [-0.39, 0.29) is 11.9 Å². The fourth-order valence-electron chi connectivity index (χ4n) is 4.64. The highest BCUT2D eigenvalue weighted by Crippen LogP contribution is 2.34. The van der Waals surface area contributed by atoms with Gasteiger partial charge in [0.1, 0.15) is 0 Å². The summed E-state index contributed by atoms with van der Waals surface area (Å²) in [4.78, 5) is 16.5. The SMILES string of the molecule is C[C@@H]1C[C@@H](Nc2cccc(CN3CCC[C@H]3C(N)=O)c2)CN1C1CC1. The predicted octanol–water partition coefficient (Wildman–Crippen LogP) is 2.17. The number of carbonyl (C=O) groups is 1. The summed E-state index contributed by atoms with van der Waals surface area (Å²) in [5.74, 6) is -0.188. The Kier molecular flexibility index (Phi) is 4.69. The van der Waals surface area contributed by atoms with Crippen LogP contribution in [0.4, 0.5) is 5.69 Å². The molecule has 1 aliphatic carbocycles. The summed E-state index contributed by atoms with van der Waals surface area (Å²) in [5, 5.41) is 3.73. The monoisotopic (exact) mass is 342 g/mol. The molecule has 1 aromatic rings. The van der Waals surface area contributed by atoms with E-state index in [2.05, 4.69) is 46.3 Å². The van der Waals surface area contributed by atoms with Crippen LogP contribution in [-0.4, -0.2) is 53.0 Å². The van der Waals surface area contributed by atoms with Crippen LogP contribution in [0.1, 0.15) is 44.6 Å². The minimum Gasteiger partial charge on any atom is -0.381 e. The van der Waals surface area contributed by atoms with E-state index in [9.17, 15) is 4.79 Å². The lowest BCUT2D eigenvalue weighted by atomic mass is 10.1. The van der Waals surface area contributed by atoms with Gasteiger partial charge in [0.2, 0.25) is 5.91 Å². The highest BCUT2D eigenvalue weighted by Gasteiger charge is 2.38. The predicted molar refractivity (Wildman–Crippen MR) is 100 cm³/mol. The lowest BCUT2D eigenvalue weighted by molar-refractivity contribution is -0.122. The molecule has 3 N–H and O–H groups in total. The number of rotatable bonds is 6. The Labute approximate surface area is 150 Å². The van der Waals surface area contributed by atoms with Crippen LogP contribution in [0.15, 0.2) is 24.3 Å². The van der Waals surface area contributed by atoms with Crippen molar-refractivity contribution in [1.82, 2.24) is 9.80 Å². The molecule has 0 unspecified atom stereocenters. The van der Waals surface area contributed by atoms with Crippen molar-refractivity contribution in [1.29, 1.82) is 0 Å². The van der Waals surface area contributed by atoms with E-state index in [0.717, 1.165) is 38.5 Å². The molecule has 3 fully saturated rings. The number of carbonyl (C=O) groups excluding carboxylic acids is 1. The third kappa shape index (κ3) is 3.82. The highest BCUT2D eigenvalue weighted by atomic mass is 16.1. The highest BCUT2D eigenvalue weighted by molar-refractivity contribution is 5.80. The quantitative estimate of drug-likeness (QED) is 0.832. The van der Waals surface area contributed by atoms with Crippen LogP contribution in [-0.2, 0) is 11.3 Å². The normalized spacial score (nSPS) is 30.7. The third-order valence-electron chi connectivity index (χ3n) is 6.01. The van der Waals surface area contributed by atoms with Gasteiger partial charge in [0.05, 0.1) is 6.04 Å². The summed E-state index contributed by atoms with van der Waals surface area (Å²) < 4.78 is 0. The molecular weight excluding hydrogens is 312 g/mol. The second-order valence-corrected chi connectivity index (χ2v) is 8.09. The summed E-state index contributed by atoms with van der Waals surface area (Å²) in [6.07, 6.45) is 5.93. The Morgan fingerprint density at radius 2 is 2.16 bits per heavy atom. The second kappa shape index (κ2) is 6.96. The van der Waals surface area contributed by atoms with Gasteiger partial charge in [-0.15, -0.1) is 0 Å². The van der Waals surface area contributed by atoms with Gasteiger partial charge in [-0.05, 0) is 63.3 Å². The molecule has 1 amide bonds. The molecule has 2 saturated heterocycles. The largest absolute Gasteiger partial charge is 0.381 e. The second-order valence-electron chi connectivity index (χ2n) is 8.09. The zero-order valence-electron chi connectivity index (χ0n) is 15.2. The van der Waals surface area contributed by atoms with Crippen molar-refractivity contribution < 1.29 is 4.79 Å². The topological polar surface area (TPSA) is 61.6 Å². The molecule has 2 aliphatic heterocycles. The van der Waals surface area contributed by atoms with Gasteiger partial charge < -0.3 is 11.1 Å². The zero-order chi connectivity index (χ0) is 17.4. The molecule has 0 aromatic heterocycles. The maximum atomic E-state index is 11.6. The Morgan fingerprint density at radius 3 is 2.92 bits per heavy atom. The van der Waals surface area contributed by atoms with E-state index in [0.29, 0.717) is 12.1 Å². The van der Waals surface area contributed by atoms with E-state index in [1.165, 1.54) is 30.5 Å². The number of nitrogens with two attached hydrogens (primary N) is 1. The number of benzene rings is 1. The molecule has 2 heterocycles. The average Bonchev–Trinajstić information content (AvgIpc) is 3.20. The first kappa shape index (κ1) is 16.9. The van der Waals surface area contributed by atoms with Gasteiger partial charge in [-0.1, -0.05) is 12.1 Å². The van der Waals surface area contributed by atoms with Gasteiger partial charge >= 0.3 is 0 Å². The first-order valence-electron chi connectivity index (χ1n) is 9.75. The molecule has 3 atom stereocenters. The van der Waals surface area contributed by atoms with Crippen LogP contribution >= 0.6 is 0 Å². The van der Waals surface area contributed by atoms with Gasteiger partial charge in [0.25, 0.3) is 0 Å². The van der Waals surface area contributed by atoms with Crippen LogP contribution in [0.3, 0.4) is 0 Å². The number of primary amides is 1. The van der Waals surface area contributed by atoms with E-state index in [4.69, 9.17) is 5.73 Å². The maximum Gasteiger partial charge on any atom is 0.234 e. The fourth-order valence-corrected chi connectivity index (χ4v) is 4.64. The number of amides is 1. The summed E-state index contributed by atoms with van der Waals surface area (Å²) in [6.45, 7) is 5.28. The zero-order valence-corrected chi connectivity index (χ0v) is 15.2. The summed E-state index contributed by atoms with van der Waals surface area (Å²) in [7, 11) is 0. The molecule has 3 aliphatic rings. The smallest absolute Gasteiger partial charge is 0.234 e. The Bertz CT molecular complexity index is 630. The van der Waals surface area contributed by atoms with Crippen molar-refractivity contribution in [3.63, 3.8) is 0 Å². The van der Waals surface area contributed by atoms with E-state index >= 15 is 0 Å². The van der Waals surface area contributed by atoms with Gasteiger partial charge in [0.15, 0.2) is 0 Å². The number of hydrogen-bond acceptors (Lipinski definition) is 4. The van der Waals surface area contributed by atoms with Crippen molar-refractivity contribution in [2.45, 2.75) is 69.7 Å². The van der Waals surface area contributed by atoms with E-state index < -0.39 is 0 Å². The standard InChI is InChI=1S/C20H30N4O/c1-14-10-17(13-24(14)18-7-8-18)22-16-5-2-4-15(11-16)12-23-9-3-6-19(23)20(21)25/h2,4-5,11,14,17-19,22H,3,6-10,12-13H2,1H3,(H2,21,25)/t14-,17-,19+/m1/s1. The average molecular weight is 342 g/mol. The van der Waals surface area contributed by atoms with Crippen LogP contribution < -0.4 is 11.1 Å². The van der Waals surface area contributed by atoms with Crippen LogP contribution in [0.25, 0.3) is 0 Å². The van der Waals surface area contributed by atoms with Gasteiger partial charge in [0, 0.05) is 36.9 Å². The van der Waals surface area contributed by atoms with E-state index in [1.54, 1.807) is 0 Å². The molecule has 0 spiro atoms. The molecule has 5 heteroatoms. The first-order valence-corrected chi connectivity index (χ1v) is 9.75. The number of hydrogen-bond donors (Lipinski definition) is 2. The molecule has 0 radical (unpaired) electrons. The van der Waals surface area contributed by atoms with Crippen molar-refractivity contribution in [2.75, 3.05) is 18.4 Å². The minimum atomic E-state index is -0.188. The molecule has 1 saturated carbocycles. The Morgan fingerprint density at radius 1 is 1.32 bits per heavy atom. The molecule has 1 aromatic carbocycles. The molecule has 25 heavy (non-hydrogen) atoms. The summed E-state index contributed by atoms with van der Waals surface area (Å²) in [5.41, 5.74) is 7.99. The number of anilines is 1. The fraction of sp³-hybridized carbons (Fsp3) is 0.650. The van der Waals surface area contributed by atoms with E-state index in [1.807, 2.05) is 0 Å². The lowest BCUT2D eigenvalue weighted by Crippen LogP contribution is -2.39. The Hall–Kier alpha value is -1.59. The molecule has 5 nitrogen and oxygen atoms in total. The summed E-state index contributed by atoms with van der Waals surface area (Å²) >= 11 is 0. The molecular formula is C20H30N4O. The van der Waals surface area contributed by atoms with Crippen molar-refractivity contribution in [3.05, 3.63) is 29.8 Å². The van der Waals surface area contributed by atoms with Crippen LogP contribution in [0, 0.1) is 0 Å². The van der Waals surface area contributed by atoms with Gasteiger partial charge in [-0.3, -0.25) is 14.6 Å². The number of nitrogens with one attached hydrogen (secondary N) is 1. The first-order chi connectivity index (χ1) is 12.1. The van der Waals surface area contributed by atoms with Crippen molar-refractivity contribution in [3.8, 4) is 0 Å². The lowest BCUT2D eigenvalue weighted by Gasteiger charge is -2.22. The summed E-state index contributed by atoms with van der Waals surface area (Å²) in [6, 6.07) is 10.6. The van der Waals surface area contributed by atoms with Crippen molar-refractivity contribution >= 4 is 11.6 Å². The molecule has 0 bridgehead atoms. The molecule has 4 rings (SSSR count). The Balaban J connectivity index is 1.37. The third-order valence-corrected chi connectivity index (χ3v) is 6.01. The van der Waals surface area contributed by atoms with Crippen LogP contribution in [0.5, 0.6) is 0 Å². The van der Waals surface area contributed by atoms with Crippen molar-refractivity contribution in [2.24, 2.45) is 5.73 Å².